The van der Waals surface area contributed by atoms with Gasteiger partial charge in [-0.3, -0.25) is 0 Å². The second kappa shape index (κ2) is 6.67. The Morgan fingerprint density at radius 2 is 1.64 bits per heavy atom. The van der Waals surface area contributed by atoms with Crippen LogP contribution in [0.25, 0.3) is 0 Å². The summed E-state index contributed by atoms with van der Waals surface area (Å²) < 4.78 is 0.785. The maximum absolute atomic E-state index is 10.2. The predicted molar refractivity (Wildman–Crippen MR) is 95.2 cm³/mol. The third-order valence-corrected chi connectivity index (χ3v) is 5.42. The fraction of sp³-hybridized carbons (Fsp3) is 0.400. The minimum absolute atomic E-state index is 0.111. The van der Waals surface area contributed by atoms with E-state index < -0.39 is 0 Å². The number of phenols is 2. The van der Waals surface area contributed by atoms with Crippen molar-refractivity contribution in [3.63, 3.8) is 0 Å². The van der Waals surface area contributed by atoms with E-state index in [1.54, 1.807) is 18.2 Å². The molecule has 5 heteroatoms. The van der Waals surface area contributed by atoms with Crippen LogP contribution in [0.1, 0.15) is 33.9 Å². The maximum atomic E-state index is 10.2. The highest BCUT2D eigenvalue weighted by Gasteiger charge is 2.36. The van der Waals surface area contributed by atoms with Crippen LogP contribution in [0.2, 0.25) is 0 Å². The second-order valence-electron chi connectivity index (χ2n) is 7.43. The molecule has 1 heterocycles. The minimum atomic E-state index is -0.183. The van der Waals surface area contributed by atoms with Gasteiger partial charge in [-0.2, -0.15) is 0 Å². The van der Waals surface area contributed by atoms with Gasteiger partial charge in [-0.25, -0.2) is 0 Å². The molecule has 2 aromatic carbocycles. The Kier molecular flexibility index (Phi) is 4.73. The Labute approximate surface area is 148 Å². The van der Waals surface area contributed by atoms with Crippen molar-refractivity contribution >= 4 is 0 Å². The van der Waals surface area contributed by atoms with Gasteiger partial charge in [-0.05, 0) is 29.3 Å². The highest BCUT2D eigenvalue weighted by atomic mass is 16.3. The maximum Gasteiger partial charge on any atom is 0.121 e. The molecule has 0 spiro atoms. The minimum Gasteiger partial charge on any atom is -0.508 e. The van der Waals surface area contributed by atoms with Gasteiger partial charge < -0.3 is 24.9 Å². The van der Waals surface area contributed by atoms with E-state index in [0.717, 1.165) is 35.0 Å². The van der Waals surface area contributed by atoms with Crippen LogP contribution in [0.5, 0.6) is 11.5 Å². The fourth-order valence-corrected chi connectivity index (χ4v) is 3.75. The summed E-state index contributed by atoms with van der Waals surface area (Å²) in [6.45, 7) is 0.615. The number of fused-ring (bicyclic) bond motifs is 1. The van der Waals surface area contributed by atoms with Crippen molar-refractivity contribution in [2.24, 2.45) is 0 Å². The number of hydrogen-bond acceptors (Lipinski definition) is 4. The van der Waals surface area contributed by atoms with Gasteiger partial charge >= 0.3 is 0 Å². The number of hydrogen-bond donors (Lipinski definition) is 4. The summed E-state index contributed by atoms with van der Waals surface area (Å²) in [5.74, 6) is 0.242. The zero-order valence-electron chi connectivity index (χ0n) is 14.7. The quantitative estimate of drug-likeness (QED) is 0.640. The molecule has 134 valence electrons. The summed E-state index contributed by atoms with van der Waals surface area (Å²) in [6, 6.07) is 9.22. The van der Waals surface area contributed by atoms with Gasteiger partial charge in [-0.1, -0.05) is 12.1 Å². The van der Waals surface area contributed by atoms with E-state index in [4.69, 9.17) is 0 Å². The standard InChI is InChI=1S/C20H25NO4/c1-21(2)6-5-14-9-16(12-23)20(25)10-17(14)18(21)7-13-3-4-15(11-22)19(24)8-13/h3-4,8-10,18,22-23H,5-7,11-12H2,1-2H3,(H-,24,25)/p+1. The molecule has 1 unspecified atom stereocenters. The van der Waals surface area contributed by atoms with Crippen molar-refractivity contribution in [1.29, 1.82) is 0 Å². The SMILES string of the molecule is C[N+]1(C)CCc2cc(CO)c(O)cc2C1Cc1ccc(CO)c(O)c1. The van der Waals surface area contributed by atoms with Crippen molar-refractivity contribution in [1.82, 2.24) is 0 Å². The Hall–Kier alpha value is -2.08. The van der Waals surface area contributed by atoms with Crippen molar-refractivity contribution < 1.29 is 24.9 Å². The molecule has 0 bridgehead atoms. The third kappa shape index (κ3) is 3.35. The van der Waals surface area contributed by atoms with E-state index in [1.807, 2.05) is 12.1 Å². The Morgan fingerprint density at radius 1 is 0.960 bits per heavy atom. The smallest absolute Gasteiger partial charge is 0.121 e. The van der Waals surface area contributed by atoms with E-state index in [2.05, 4.69) is 14.1 Å². The van der Waals surface area contributed by atoms with Gasteiger partial charge in [0.25, 0.3) is 0 Å². The number of aliphatic hydroxyl groups is 2. The van der Waals surface area contributed by atoms with Crippen molar-refractivity contribution in [2.75, 3.05) is 20.6 Å². The molecule has 0 aliphatic carbocycles. The first-order valence-electron chi connectivity index (χ1n) is 8.55. The first-order chi connectivity index (χ1) is 11.9. The molecule has 0 aromatic heterocycles. The van der Waals surface area contributed by atoms with Crippen LogP contribution in [0.15, 0.2) is 30.3 Å². The molecule has 4 N–H and O–H groups in total. The highest BCUT2D eigenvalue weighted by molar-refractivity contribution is 5.44. The molecule has 5 nitrogen and oxygen atoms in total. The zero-order valence-corrected chi connectivity index (χ0v) is 14.7. The first kappa shape index (κ1) is 17.7. The molecule has 25 heavy (non-hydrogen) atoms. The number of aliphatic hydroxyl groups excluding tert-OH is 2. The summed E-state index contributed by atoms with van der Waals surface area (Å²) >= 11 is 0. The second-order valence-corrected chi connectivity index (χ2v) is 7.43. The molecule has 1 aliphatic rings. The normalized spacial score (nSPS) is 18.8. The summed E-state index contributed by atoms with van der Waals surface area (Å²) in [5.41, 5.74) is 4.34. The summed E-state index contributed by atoms with van der Waals surface area (Å²) in [4.78, 5) is 0. The Morgan fingerprint density at radius 3 is 2.28 bits per heavy atom. The van der Waals surface area contributed by atoms with Gasteiger partial charge in [0.15, 0.2) is 0 Å². The lowest BCUT2D eigenvalue weighted by molar-refractivity contribution is -0.923. The van der Waals surface area contributed by atoms with Crippen molar-refractivity contribution in [2.45, 2.75) is 32.1 Å². The number of benzene rings is 2. The van der Waals surface area contributed by atoms with Crippen LogP contribution in [-0.2, 0) is 26.1 Å². The molecule has 0 saturated carbocycles. The molecule has 0 fully saturated rings. The van der Waals surface area contributed by atoms with Gasteiger partial charge in [0.1, 0.15) is 17.5 Å². The monoisotopic (exact) mass is 344 g/mol. The molecule has 0 amide bonds. The Bertz CT molecular complexity index is 786. The van der Waals surface area contributed by atoms with Crippen molar-refractivity contribution in [3.05, 3.63) is 58.1 Å². The van der Waals surface area contributed by atoms with Crippen LogP contribution < -0.4 is 0 Å². The lowest BCUT2D eigenvalue weighted by Crippen LogP contribution is -2.48. The zero-order chi connectivity index (χ0) is 18.2. The third-order valence-electron chi connectivity index (χ3n) is 5.42. The van der Waals surface area contributed by atoms with Crippen molar-refractivity contribution in [3.8, 4) is 11.5 Å². The summed E-state index contributed by atoms with van der Waals surface area (Å²) in [7, 11) is 4.35. The number of rotatable bonds is 4. The van der Waals surface area contributed by atoms with Crippen LogP contribution in [0.4, 0.5) is 0 Å². The lowest BCUT2D eigenvalue weighted by atomic mass is 9.86. The van der Waals surface area contributed by atoms with Crippen LogP contribution in [0, 0.1) is 0 Å². The van der Waals surface area contributed by atoms with Gasteiger partial charge in [0, 0.05) is 29.5 Å². The van der Waals surface area contributed by atoms with Gasteiger partial charge in [0.05, 0.1) is 33.9 Å². The highest BCUT2D eigenvalue weighted by Crippen LogP contribution is 2.39. The van der Waals surface area contributed by atoms with Crippen LogP contribution in [-0.4, -0.2) is 45.5 Å². The summed E-state index contributed by atoms with van der Waals surface area (Å²) in [6.07, 6.45) is 1.62. The molecule has 1 aliphatic heterocycles. The van der Waals surface area contributed by atoms with E-state index in [9.17, 15) is 20.4 Å². The molecule has 3 rings (SSSR count). The van der Waals surface area contributed by atoms with E-state index in [1.165, 1.54) is 5.56 Å². The number of nitrogens with zero attached hydrogens (tertiary/aromatic N) is 1. The number of quaternary nitrogens is 1. The largest absolute Gasteiger partial charge is 0.508 e. The van der Waals surface area contributed by atoms with E-state index in [-0.39, 0.29) is 30.8 Å². The van der Waals surface area contributed by atoms with Gasteiger partial charge in [0.2, 0.25) is 0 Å². The van der Waals surface area contributed by atoms with E-state index >= 15 is 0 Å². The van der Waals surface area contributed by atoms with Crippen LogP contribution in [0.3, 0.4) is 0 Å². The summed E-state index contributed by atoms with van der Waals surface area (Å²) in [5, 5.41) is 38.8. The molecule has 0 saturated heterocycles. The predicted octanol–water partition coefficient (Wildman–Crippen LogP) is 2.00. The molecule has 1 atom stereocenters. The topological polar surface area (TPSA) is 80.9 Å². The lowest BCUT2D eigenvalue weighted by Gasteiger charge is -2.43. The average Bonchev–Trinajstić information content (AvgIpc) is 2.57. The number of aromatic hydroxyl groups is 2. The molecule has 2 aromatic rings. The van der Waals surface area contributed by atoms with E-state index in [0.29, 0.717) is 11.1 Å². The molecular weight excluding hydrogens is 318 g/mol. The van der Waals surface area contributed by atoms with Gasteiger partial charge in [-0.15, -0.1) is 0 Å². The first-order valence-corrected chi connectivity index (χ1v) is 8.55. The fourth-order valence-electron chi connectivity index (χ4n) is 3.75. The van der Waals surface area contributed by atoms with Crippen LogP contribution >= 0.6 is 0 Å². The number of likely N-dealkylation sites (N-methyl/N-ethyl adjacent to an activating group) is 1. The Balaban J connectivity index is 2.00. The molecule has 0 radical (unpaired) electrons. The average molecular weight is 344 g/mol. The molecular formula is C20H26NO4+.